The number of aromatic nitrogens is 2. The fourth-order valence-electron chi connectivity index (χ4n) is 1.29. The summed E-state index contributed by atoms with van der Waals surface area (Å²) in [5, 5.41) is 4.13. The van der Waals surface area contributed by atoms with E-state index < -0.39 is 0 Å². The first-order chi connectivity index (χ1) is 7.19. The Morgan fingerprint density at radius 1 is 1.67 bits per heavy atom. The predicted molar refractivity (Wildman–Crippen MR) is 57.4 cm³/mol. The lowest BCUT2D eigenvalue weighted by atomic mass is 10.2. The molecule has 4 heteroatoms. The molecule has 0 N–H and O–H groups in total. The highest BCUT2D eigenvalue weighted by Crippen LogP contribution is 2.04. The van der Waals surface area contributed by atoms with Gasteiger partial charge in [0.2, 0.25) is 0 Å². The van der Waals surface area contributed by atoms with Crippen LogP contribution < -0.4 is 0 Å². The SMILES string of the molecule is CCC(=CCn1nccc1C)C(=O)OC. The quantitative estimate of drug-likeness (QED) is 0.558. The molecule has 1 aromatic heterocycles. The van der Waals surface area contributed by atoms with E-state index in [0.717, 1.165) is 5.69 Å². The maximum Gasteiger partial charge on any atom is 0.333 e. The van der Waals surface area contributed by atoms with Gasteiger partial charge >= 0.3 is 5.97 Å². The summed E-state index contributed by atoms with van der Waals surface area (Å²) in [6.45, 7) is 4.51. The van der Waals surface area contributed by atoms with Crippen molar-refractivity contribution in [3.8, 4) is 0 Å². The molecule has 82 valence electrons. The Balaban J connectivity index is 2.70. The highest BCUT2D eigenvalue weighted by Gasteiger charge is 2.06. The number of aryl methyl sites for hydroxylation is 1. The summed E-state index contributed by atoms with van der Waals surface area (Å²) in [4.78, 5) is 11.3. The molecular weight excluding hydrogens is 192 g/mol. The normalized spacial score (nSPS) is 11.5. The monoisotopic (exact) mass is 208 g/mol. The van der Waals surface area contributed by atoms with Gasteiger partial charge in [0.25, 0.3) is 0 Å². The first kappa shape index (κ1) is 11.5. The van der Waals surface area contributed by atoms with Gasteiger partial charge in [0.1, 0.15) is 0 Å². The van der Waals surface area contributed by atoms with Crippen molar-refractivity contribution in [2.45, 2.75) is 26.8 Å². The fraction of sp³-hybridized carbons (Fsp3) is 0.455. The zero-order chi connectivity index (χ0) is 11.3. The van der Waals surface area contributed by atoms with Crippen molar-refractivity contribution in [2.24, 2.45) is 0 Å². The summed E-state index contributed by atoms with van der Waals surface area (Å²) in [5.41, 5.74) is 1.76. The molecule has 0 radical (unpaired) electrons. The van der Waals surface area contributed by atoms with Crippen molar-refractivity contribution < 1.29 is 9.53 Å². The molecule has 0 spiro atoms. The van der Waals surface area contributed by atoms with Crippen molar-refractivity contribution in [1.29, 1.82) is 0 Å². The summed E-state index contributed by atoms with van der Waals surface area (Å²) >= 11 is 0. The van der Waals surface area contributed by atoms with Crippen LogP contribution in [0.1, 0.15) is 19.0 Å². The third kappa shape index (κ3) is 2.94. The van der Waals surface area contributed by atoms with Crippen molar-refractivity contribution in [3.63, 3.8) is 0 Å². The van der Waals surface area contributed by atoms with Gasteiger partial charge in [0.05, 0.1) is 13.7 Å². The molecule has 1 rings (SSSR count). The molecule has 0 aliphatic heterocycles. The number of hydrogen-bond donors (Lipinski definition) is 0. The lowest BCUT2D eigenvalue weighted by Gasteiger charge is -2.03. The average Bonchev–Trinajstić information content (AvgIpc) is 2.65. The van der Waals surface area contributed by atoms with Gasteiger partial charge in [-0.1, -0.05) is 13.0 Å². The number of allylic oxidation sites excluding steroid dienone is 1. The Morgan fingerprint density at radius 2 is 2.40 bits per heavy atom. The van der Waals surface area contributed by atoms with Crippen LogP contribution in [0.25, 0.3) is 0 Å². The molecule has 15 heavy (non-hydrogen) atoms. The maximum absolute atomic E-state index is 11.3. The Labute approximate surface area is 89.5 Å². The number of carbonyl (C=O) groups is 1. The van der Waals surface area contributed by atoms with Crippen molar-refractivity contribution in [3.05, 3.63) is 29.6 Å². The Morgan fingerprint density at radius 3 is 2.87 bits per heavy atom. The predicted octanol–water partition coefficient (Wildman–Crippen LogP) is 1.70. The van der Waals surface area contributed by atoms with Crippen LogP contribution in [-0.2, 0) is 16.1 Å². The van der Waals surface area contributed by atoms with Gasteiger partial charge < -0.3 is 4.74 Å². The molecule has 0 aliphatic rings. The lowest BCUT2D eigenvalue weighted by molar-refractivity contribution is -0.136. The molecule has 0 aliphatic carbocycles. The Bertz CT molecular complexity index is 366. The number of methoxy groups -OCH3 is 1. The smallest absolute Gasteiger partial charge is 0.333 e. The summed E-state index contributed by atoms with van der Waals surface area (Å²) in [6, 6.07) is 1.93. The van der Waals surface area contributed by atoms with Gasteiger partial charge in [-0.25, -0.2) is 4.79 Å². The van der Waals surface area contributed by atoms with E-state index in [4.69, 9.17) is 0 Å². The third-order valence-electron chi connectivity index (χ3n) is 2.27. The van der Waals surface area contributed by atoms with Crippen molar-refractivity contribution >= 4 is 5.97 Å². The van der Waals surface area contributed by atoms with Crippen LogP contribution in [0.15, 0.2) is 23.9 Å². The van der Waals surface area contributed by atoms with Crippen molar-refractivity contribution in [1.82, 2.24) is 9.78 Å². The minimum atomic E-state index is -0.262. The largest absolute Gasteiger partial charge is 0.466 e. The van der Waals surface area contributed by atoms with E-state index in [1.807, 2.05) is 30.7 Å². The molecule has 1 aromatic rings. The van der Waals surface area contributed by atoms with Crippen LogP contribution in [-0.4, -0.2) is 22.9 Å². The van der Waals surface area contributed by atoms with Crippen LogP contribution in [0.2, 0.25) is 0 Å². The molecule has 0 unspecified atom stereocenters. The first-order valence-electron chi connectivity index (χ1n) is 4.94. The minimum absolute atomic E-state index is 0.262. The second kappa shape index (κ2) is 5.34. The zero-order valence-electron chi connectivity index (χ0n) is 9.36. The highest BCUT2D eigenvalue weighted by molar-refractivity contribution is 5.88. The molecule has 0 saturated heterocycles. The summed E-state index contributed by atoms with van der Waals surface area (Å²) in [7, 11) is 1.39. The number of carbonyl (C=O) groups excluding carboxylic acids is 1. The average molecular weight is 208 g/mol. The van der Waals surface area contributed by atoms with E-state index in [0.29, 0.717) is 18.5 Å². The topological polar surface area (TPSA) is 44.1 Å². The van der Waals surface area contributed by atoms with E-state index in [2.05, 4.69) is 9.84 Å². The second-order valence-corrected chi connectivity index (χ2v) is 3.23. The van der Waals surface area contributed by atoms with Crippen LogP contribution in [0.4, 0.5) is 0 Å². The molecular formula is C11H16N2O2. The van der Waals surface area contributed by atoms with E-state index in [1.165, 1.54) is 7.11 Å². The maximum atomic E-state index is 11.3. The second-order valence-electron chi connectivity index (χ2n) is 3.23. The van der Waals surface area contributed by atoms with Gasteiger partial charge in [-0.15, -0.1) is 0 Å². The van der Waals surface area contributed by atoms with Crippen molar-refractivity contribution in [2.75, 3.05) is 7.11 Å². The molecule has 0 atom stereocenters. The van der Waals surface area contributed by atoms with Crippen LogP contribution >= 0.6 is 0 Å². The van der Waals surface area contributed by atoms with Crippen LogP contribution in [0.5, 0.6) is 0 Å². The Kier molecular flexibility index (Phi) is 4.09. The Hall–Kier alpha value is -1.58. The molecule has 0 fully saturated rings. The lowest BCUT2D eigenvalue weighted by Crippen LogP contribution is -2.07. The minimum Gasteiger partial charge on any atom is -0.466 e. The van der Waals surface area contributed by atoms with Gasteiger partial charge in [-0.05, 0) is 19.4 Å². The van der Waals surface area contributed by atoms with E-state index in [9.17, 15) is 4.79 Å². The third-order valence-corrected chi connectivity index (χ3v) is 2.27. The number of hydrogen-bond acceptors (Lipinski definition) is 3. The highest BCUT2D eigenvalue weighted by atomic mass is 16.5. The number of nitrogens with zero attached hydrogens (tertiary/aromatic N) is 2. The molecule has 0 aromatic carbocycles. The molecule has 0 amide bonds. The summed E-state index contributed by atoms with van der Waals surface area (Å²) < 4.78 is 6.50. The number of ether oxygens (including phenoxy) is 1. The van der Waals surface area contributed by atoms with Gasteiger partial charge in [-0.3, -0.25) is 4.68 Å². The summed E-state index contributed by atoms with van der Waals surface area (Å²) in [6.07, 6.45) is 4.27. The first-order valence-corrected chi connectivity index (χ1v) is 4.94. The number of esters is 1. The van der Waals surface area contributed by atoms with Gasteiger partial charge in [-0.2, -0.15) is 5.10 Å². The van der Waals surface area contributed by atoms with E-state index >= 15 is 0 Å². The van der Waals surface area contributed by atoms with E-state index in [1.54, 1.807) is 6.20 Å². The zero-order valence-corrected chi connectivity index (χ0v) is 9.36. The molecule has 4 nitrogen and oxygen atoms in total. The standard InChI is InChI=1S/C11H16N2O2/c1-4-10(11(14)15-3)6-8-13-9(2)5-7-12-13/h5-7H,4,8H2,1-3H3. The van der Waals surface area contributed by atoms with Crippen LogP contribution in [0.3, 0.4) is 0 Å². The number of rotatable bonds is 4. The van der Waals surface area contributed by atoms with E-state index in [-0.39, 0.29) is 5.97 Å². The fourth-order valence-corrected chi connectivity index (χ4v) is 1.29. The van der Waals surface area contributed by atoms with Gasteiger partial charge in [0.15, 0.2) is 0 Å². The summed E-state index contributed by atoms with van der Waals surface area (Å²) in [5.74, 6) is -0.262. The van der Waals surface area contributed by atoms with Crippen LogP contribution in [0, 0.1) is 6.92 Å². The molecule has 0 bridgehead atoms. The molecule has 0 saturated carbocycles. The van der Waals surface area contributed by atoms with Gasteiger partial charge in [0, 0.05) is 17.5 Å². The molecule has 1 heterocycles.